The van der Waals surface area contributed by atoms with Crippen molar-refractivity contribution in [3.63, 3.8) is 0 Å². The highest BCUT2D eigenvalue weighted by molar-refractivity contribution is 7.25. The molecule has 0 aliphatic heterocycles. The van der Waals surface area contributed by atoms with Gasteiger partial charge in [-0.2, -0.15) is 4.98 Å². The van der Waals surface area contributed by atoms with E-state index >= 15 is 0 Å². The van der Waals surface area contributed by atoms with E-state index in [2.05, 4.69) is 21.5 Å². The highest BCUT2D eigenvalue weighted by Gasteiger charge is 2.18. The van der Waals surface area contributed by atoms with Gasteiger partial charge in [0.05, 0.1) is 23.8 Å². The van der Waals surface area contributed by atoms with Crippen LogP contribution in [0.2, 0.25) is 5.28 Å². The standard InChI is InChI=1S/C21H23ClN4O2S/c1-7-14(28-11(3)4)10-9-12(5)18-23-13(6)15-16-17(29-20(15)25-18)19(27-8-2)26-21(22)24-16/h7,9-11H,5,8H2,1-4,6H3/b10-9-,14-7+. The number of fused-ring (bicyclic) bond motifs is 3. The number of halogens is 1. The van der Waals surface area contributed by atoms with Crippen LogP contribution >= 0.6 is 22.9 Å². The molecule has 0 saturated heterocycles. The van der Waals surface area contributed by atoms with Crippen LogP contribution in [-0.2, 0) is 4.74 Å². The molecule has 0 N–H and O–H groups in total. The molecule has 0 saturated carbocycles. The van der Waals surface area contributed by atoms with E-state index < -0.39 is 0 Å². The molecule has 0 aromatic carbocycles. The lowest BCUT2D eigenvalue weighted by atomic mass is 10.2. The van der Waals surface area contributed by atoms with Crippen molar-refractivity contribution >= 4 is 48.9 Å². The molecule has 0 amide bonds. The maximum absolute atomic E-state index is 6.09. The van der Waals surface area contributed by atoms with Crippen molar-refractivity contribution in [2.45, 2.75) is 40.7 Å². The van der Waals surface area contributed by atoms with E-state index in [9.17, 15) is 0 Å². The van der Waals surface area contributed by atoms with Gasteiger partial charge in [0.15, 0.2) is 5.82 Å². The first kappa shape index (κ1) is 21.2. The van der Waals surface area contributed by atoms with E-state index in [-0.39, 0.29) is 11.4 Å². The summed E-state index contributed by atoms with van der Waals surface area (Å²) in [6.45, 7) is 14.3. The maximum atomic E-state index is 6.09. The van der Waals surface area contributed by atoms with Crippen molar-refractivity contribution in [2.75, 3.05) is 6.61 Å². The van der Waals surface area contributed by atoms with Crippen LogP contribution in [0.4, 0.5) is 0 Å². The average molecular weight is 431 g/mol. The Hall–Kier alpha value is -2.51. The highest BCUT2D eigenvalue weighted by Crippen LogP contribution is 2.38. The van der Waals surface area contributed by atoms with Crippen molar-refractivity contribution in [1.82, 2.24) is 19.9 Å². The molecule has 0 atom stereocenters. The zero-order valence-electron chi connectivity index (χ0n) is 17.1. The van der Waals surface area contributed by atoms with Crippen LogP contribution in [0.15, 0.2) is 30.6 Å². The molecule has 0 bridgehead atoms. The minimum absolute atomic E-state index is 0.0972. The number of thiophene rings is 1. The third kappa shape index (κ3) is 4.57. The molecule has 3 aromatic heterocycles. The van der Waals surface area contributed by atoms with Crippen molar-refractivity contribution < 1.29 is 9.47 Å². The first-order valence-electron chi connectivity index (χ1n) is 9.31. The summed E-state index contributed by atoms with van der Waals surface area (Å²) in [7, 11) is 0. The lowest BCUT2D eigenvalue weighted by molar-refractivity contribution is 0.157. The molecule has 152 valence electrons. The molecule has 0 spiro atoms. The number of allylic oxidation sites excluding steroid dienone is 4. The Labute approximate surface area is 179 Å². The molecular formula is C21H23ClN4O2S. The van der Waals surface area contributed by atoms with E-state index in [1.54, 1.807) is 0 Å². The van der Waals surface area contributed by atoms with Gasteiger partial charge in [-0.3, -0.25) is 0 Å². The first-order chi connectivity index (χ1) is 13.8. The Balaban J connectivity index is 2.04. The summed E-state index contributed by atoms with van der Waals surface area (Å²) in [5, 5.41) is 0.994. The van der Waals surface area contributed by atoms with E-state index in [4.69, 9.17) is 26.1 Å². The lowest BCUT2D eigenvalue weighted by Gasteiger charge is -2.10. The van der Waals surface area contributed by atoms with E-state index in [1.807, 2.05) is 52.8 Å². The second-order valence-corrected chi connectivity index (χ2v) is 7.88. The molecule has 0 unspecified atom stereocenters. The van der Waals surface area contributed by atoms with Gasteiger partial charge < -0.3 is 9.47 Å². The Bertz CT molecular complexity index is 1130. The van der Waals surface area contributed by atoms with Gasteiger partial charge in [0, 0.05) is 5.57 Å². The SMILES string of the molecule is C=C(/C=C\C(=C/C)OC(C)C)c1nc(C)c2c(n1)sc1c(OCC)nc(Cl)nc12. The zero-order valence-corrected chi connectivity index (χ0v) is 18.7. The molecule has 3 rings (SSSR count). The third-order valence-electron chi connectivity index (χ3n) is 3.97. The molecule has 3 aromatic rings. The molecule has 0 fully saturated rings. The zero-order chi connectivity index (χ0) is 21.1. The summed E-state index contributed by atoms with van der Waals surface area (Å²) in [6.07, 6.45) is 5.73. The Morgan fingerprint density at radius 3 is 2.62 bits per heavy atom. The summed E-state index contributed by atoms with van der Waals surface area (Å²) >= 11 is 7.55. The van der Waals surface area contributed by atoms with Gasteiger partial charge >= 0.3 is 0 Å². The highest BCUT2D eigenvalue weighted by atomic mass is 35.5. The van der Waals surface area contributed by atoms with Crippen LogP contribution in [0.1, 0.15) is 39.2 Å². The normalized spacial score (nSPS) is 12.4. The fourth-order valence-corrected chi connectivity index (χ4v) is 4.04. The third-order valence-corrected chi connectivity index (χ3v) is 5.20. The number of nitrogens with zero attached hydrogens (tertiary/aromatic N) is 4. The predicted octanol–water partition coefficient (Wildman–Crippen LogP) is 5.89. The van der Waals surface area contributed by atoms with Crippen LogP contribution in [0, 0.1) is 6.92 Å². The summed E-state index contributed by atoms with van der Waals surface area (Å²) < 4.78 is 12.2. The number of aromatic nitrogens is 4. The van der Waals surface area contributed by atoms with Crippen molar-refractivity contribution in [1.29, 1.82) is 0 Å². The topological polar surface area (TPSA) is 70.0 Å². The Kier molecular flexibility index (Phi) is 6.49. The van der Waals surface area contributed by atoms with Gasteiger partial charge in [0.25, 0.3) is 0 Å². The Morgan fingerprint density at radius 1 is 1.21 bits per heavy atom. The monoisotopic (exact) mass is 430 g/mol. The molecule has 0 aliphatic rings. The van der Waals surface area contributed by atoms with Gasteiger partial charge in [-0.15, -0.1) is 11.3 Å². The number of hydrogen-bond acceptors (Lipinski definition) is 7. The fraction of sp³-hybridized carbons (Fsp3) is 0.333. The summed E-state index contributed by atoms with van der Waals surface area (Å²) in [4.78, 5) is 18.7. The quantitative estimate of drug-likeness (QED) is 0.264. The average Bonchev–Trinajstić information content (AvgIpc) is 3.03. The van der Waals surface area contributed by atoms with Gasteiger partial charge in [-0.1, -0.05) is 6.58 Å². The fourth-order valence-electron chi connectivity index (χ4n) is 2.77. The molecule has 0 radical (unpaired) electrons. The summed E-state index contributed by atoms with van der Waals surface area (Å²) in [5.74, 6) is 1.79. The molecule has 29 heavy (non-hydrogen) atoms. The number of hydrogen-bond donors (Lipinski definition) is 0. The molecule has 3 heterocycles. The smallest absolute Gasteiger partial charge is 0.236 e. The Morgan fingerprint density at radius 2 is 1.97 bits per heavy atom. The minimum atomic E-state index is 0.0972. The predicted molar refractivity (Wildman–Crippen MR) is 120 cm³/mol. The first-order valence-corrected chi connectivity index (χ1v) is 10.5. The molecule has 0 aliphatic carbocycles. The van der Waals surface area contributed by atoms with Crippen LogP contribution in [0.5, 0.6) is 5.88 Å². The van der Waals surface area contributed by atoms with Crippen molar-refractivity contribution in [3.8, 4) is 5.88 Å². The van der Waals surface area contributed by atoms with Crippen molar-refractivity contribution in [3.05, 3.63) is 47.4 Å². The maximum Gasteiger partial charge on any atom is 0.236 e. The van der Waals surface area contributed by atoms with Gasteiger partial charge in [0.2, 0.25) is 11.2 Å². The summed E-state index contributed by atoms with van der Waals surface area (Å²) in [6, 6.07) is 0. The number of ether oxygens (including phenoxy) is 2. The second kappa shape index (κ2) is 8.88. The minimum Gasteiger partial charge on any atom is -0.491 e. The molecule has 8 heteroatoms. The number of rotatable bonds is 7. The van der Waals surface area contributed by atoms with Crippen LogP contribution in [0.3, 0.4) is 0 Å². The van der Waals surface area contributed by atoms with E-state index in [0.29, 0.717) is 29.4 Å². The second-order valence-electron chi connectivity index (χ2n) is 6.54. The molecular weight excluding hydrogens is 408 g/mol. The van der Waals surface area contributed by atoms with Gasteiger partial charge in [-0.25, -0.2) is 15.0 Å². The lowest BCUT2D eigenvalue weighted by Crippen LogP contribution is -2.00. The summed E-state index contributed by atoms with van der Waals surface area (Å²) in [5.41, 5.74) is 2.20. The van der Waals surface area contributed by atoms with Crippen molar-refractivity contribution in [2.24, 2.45) is 0 Å². The van der Waals surface area contributed by atoms with Crippen LogP contribution in [-0.4, -0.2) is 32.6 Å². The largest absolute Gasteiger partial charge is 0.491 e. The molecule has 6 nitrogen and oxygen atoms in total. The van der Waals surface area contributed by atoms with E-state index in [0.717, 1.165) is 26.4 Å². The van der Waals surface area contributed by atoms with Crippen LogP contribution in [0.25, 0.3) is 26.0 Å². The van der Waals surface area contributed by atoms with E-state index in [1.165, 1.54) is 11.3 Å². The van der Waals surface area contributed by atoms with Crippen LogP contribution < -0.4 is 4.74 Å². The van der Waals surface area contributed by atoms with Gasteiger partial charge in [0.1, 0.15) is 20.8 Å². The van der Waals surface area contributed by atoms with Gasteiger partial charge in [-0.05, 0) is 64.4 Å². The number of aryl methyl sites for hydroxylation is 1.